The summed E-state index contributed by atoms with van der Waals surface area (Å²) in [6.07, 6.45) is 0. The molecule has 1 aromatic carbocycles. The Morgan fingerprint density at radius 2 is 2.20 bits per heavy atom. The molecule has 1 atom stereocenters. The Balaban J connectivity index is 1.80. The van der Waals surface area contributed by atoms with Crippen LogP contribution >= 0.6 is 0 Å². The highest BCUT2D eigenvalue weighted by Gasteiger charge is 2.15. The first kappa shape index (κ1) is 9.98. The fourth-order valence-electron chi connectivity index (χ4n) is 1.48. The second-order valence-electron chi connectivity index (χ2n) is 3.55. The van der Waals surface area contributed by atoms with Crippen LogP contribution in [0.2, 0.25) is 0 Å². The zero-order chi connectivity index (χ0) is 10.5. The fourth-order valence-corrected chi connectivity index (χ4v) is 1.48. The summed E-state index contributed by atoms with van der Waals surface area (Å²) in [6.45, 7) is 1.53. The standard InChI is InChI=1S/C11H15N3O/c15-8-10-7-13-11(14-10)12-6-9-4-2-1-3-5-9/h1-5,10,15H,6-8H2,(H2,12,13,14)/t10-/m0/s1. The van der Waals surface area contributed by atoms with Gasteiger partial charge in [0.15, 0.2) is 5.96 Å². The molecule has 1 aliphatic heterocycles. The molecule has 0 aromatic heterocycles. The number of aliphatic hydroxyl groups is 1. The van der Waals surface area contributed by atoms with Crippen molar-refractivity contribution in [1.82, 2.24) is 10.6 Å². The lowest BCUT2D eigenvalue weighted by atomic mass is 10.2. The van der Waals surface area contributed by atoms with Crippen molar-refractivity contribution in [1.29, 1.82) is 0 Å². The summed E-state index contributed by atoms with van der Waals surface area (Å²) in [4.78, 5) is 4.24. The van der Waals surface area contributed by atoms with E-state index in [-0.39, 0.29) is 12.6 Å². The van der Waals surface area contributed by atoms with Gasteiger partial charge in [-0.15, -0.1) is 0 Å². The summed E-state index contributed by atoms with van der Waals surface area (Å²) < 4.78 is 0. The SMILES string of the molecule is OC[C@@H]1CN=C(NCc2ccccc2)N1. The highest BCUT2D eigenvalue weighted by atomic mass is 16.3. The number of hydrogen-bond acceptors (Lipinski definition) is 4. The minimum Gasteiger partial charge on any atom is -0.394 e. The molecule has 0 saturated heterocycles. The molecule has 4 heteroatoms. The van der Waals surface area contributed by atoms with Crippen LogP contribution < -0.4 is 10.6 Å². The molecule has 0 bridgehead atoms. The van der Waals surface area contributed by atoms with Crippen LogP contribution in [-0.4, -0.2) is 30.3 Å². The lowest BCUT2D eigenvalue weighted by Crippen LogP contribution is -2.40. The quantitative estimate of drug-likeness (QED) is 0.656. The van der Waals surface area contributed by atoms with Crippen molar-refractivity contribution in [2.24, 2.45) is 4.99 Å². The van der Waals surface area contributed by atoms with Gasteiger partial charge in [-0.3, -0.25) is 4.99 Å². The first-order valence-electron chi connectivity index (χ1n) is 5.08. The number of aliphatic hydroxyl groups excluding tert-OH is 1. The lowest BCUT2D eigenvalue weighted by molar-refractivity contribution is 0.263. The second-order valence-corrected chi connectivity index (χ2v) is 3.55. The molecule has 2 rings (SSSR count). The molecule has 0 radical (unpaired) electrons. The Morgan fingerprint density at radius 1 is 1.40 bits per heavy atom. The minimum atomic E-state index is 0.0725. The van der Waals surface area contributed by atoms with E-state index in [4.69, 9.17) is 5.11 Å². The molecule has 0 saturated carbocycles. The molecule has 1 aromatic rings. The van der Waals surface area contributed by atoms with Gasteiger partial charge in [0.05, 0.1) is 19.2 Å². The molecule has 15 heavy (non-hydrogen) atoms. The van der Waals surface area contributed by atoms with Crippen molar-refractivity contribution in [3.8, 4) is 0 Å². The van der Waals surface area contributed by atoms with Gasteiger partial charge in [-0.2, -0.15) is 0 Å². The number of aliphatic imine (C=N–C) groups is 1. The van der Waals surface area contributed by atoms with Crippen LogP contribution in [0.4, 0.5) is 0 Å². The molecule has 0 spiro atoms. The van der Waals surface area contributed by atoms with Gasteiger partial charge in [0, 0.05) is 6.54 Å². The van der Waals surface area contributed by atoms with Crippen molar-refractivity contribution in [3.63, 3.8) is 0 Å². The molecule has 0 fully saturated rings. The molecule has 0 unspecified atom stereocenters. The Hall–Kier alpha value is -1.55. The largest absolute Gasteiger partial charge is 0.394 e. The van der Waals surface area contributed by atoms with Crippen LogP contribution in [0.3, 0.4) is 0 Å². The van der Waals surface area contributed by atoms with E-state index >= 15 is 0 Å². The Bertz CT molecular complexity index is 337. The first-order chi connectivity index (χ1) is 7.38. The van der Waals surface area contributed by atoms with Gasteiger partial charge >= 0.3 is 0 Å². The van der Waals surface area contributed by atoms with E-state index in [2.05, 4.69) is 27.8 Å². The summed E-state index contributed by atoms with van der Waals surface area (Å²) in [7, 11) is 0. The minimum absolute atomic E-state index is 0.0725. The van der Waals surface area contributed by atoms with E-state index in [1.807, 2.05) is 18.2 Å². The van der Waals surface area contributed by atoms with Crippen molar-refractivity contribution >= 4 is 5.96 Å². The number of rotatable bonds is 3. The molecule has 0 aliphatic carbocycles. The first-order valence-corrected chi connectivity index (χ1v) is 5.08. The third-order valence-electron chi connectivity index (χ3n) is 2.33. The van der Waals surface area contributed by atoms with Gasteiger partial charge in [0.1, 0.15) is 0 Å². The topological polar surface area (TPSA) is 56.7 Å². The van der Waals surface area contributed by atoms with Gasteiger partial charge in [0.25, 0.3) is 0 Å². The summed E-state index contributed by atoms with van der Waals surface area (Å²) in [5.41, 5.74) is 1.22. The van der Waals surface area contributed by atoms with Gasteiger partial charge in [0.2, 0.25) is 0 Å². The van der Waals surface area contributed by atoms with Crippen LogP contribution in [0, 0.1) is 0 Å². The molecule has 1 aliphatic rings. The van der Waals surface area contributed by atoms with E-state index in [0.717, 1.165) is 12.5 Å². The maximum absolute atomic E-state index is 8.91. The van der Waals surface area contributed by atoms with E-state index < -0.39 is 0 Å². The molecule has 1 heterocycles. The molecule has 4 nitrogen and oxygen atoms in total. The summed E-state index contributed by atoms with van der Waals surface area (Å²) in [5, 5.41) is 15.2. The van der Waals surface area contributed by atoms with E-state index in [9.17, 15) is 0 Å². The third kappa shape index (κ3) is 2.70. The fraction of sp³-hybridized carbons (Fsp3) is 0.364. The number of nitrogens with zero attached hydrogens (tertiary/aromatic N) is 1. The normalized spacial score (nSPS) is 19.5. The molecule has 3 N–H and O–H groups in total. The smallest absolute Gasteiger partial charge is 0.191 e. The highest BCUT2D eigenvalue weighted by molar-refractivity contribution is 5.81. The molecule has 80 valence electrons. The number of nitrogens with one attached hydrogen (secondary N) is 2. The summed E-state index contributed by atoms with van der Waals surface area (Å²) in [5.74, 6) is 0.776. The van der Waals surface area contributed by atoms with Crippen LogP contribution in [0.5, 0.6) is 0 Å². The number of benzene rings is 1. The Morgan fingerprint density at radius 3 is 2.87 bits per heavy atom. The second kappa shape index (κ2) is 4.79. The molecular formula is C11H15N3O. The van der Waals surface area contributed by atoms with E-state index in [1.54, 1.807) is 0 Å². The monoisotopic (exact) mass is 205 g/mol. The number of guanidine groups is 1. The zero-order valence-electron chi connectivity index (χ0n) is 8.48. The Labute approximate surface area is 89.0 Å². The van der Waals surface area contributed by atoms with Gasteiger partial charge in [-0.1, -0.05) is 30.3 Å². The predicted octanol–water partition coefficient (Wildman–Crippen LogP) is 0.0963. The predicted molar refractivity (Wildman–Crippen MR) is 59.6 cm³/mol. The van der Waals surface area contributed by atoms with Crippen LogP contribution in [-0.2, 0) is 6.54 Å². The number of hydrogen-bond donors (Lipinski definition) is 3. The van der Waals surface area contributed by atoms with E-state index in [0.29, 0.717) is 6.54 Å². The van der Waals surface area contributed by atoms with Crippen LogP contribution in [0.1, 0.15) is 5.56 Å². The van der Waals surface area contributed by atoms with Crippen LogP contribution in [0.25, 0.3) is 0 Å². The lowest BCUT2D eigenvalue weighted by Gasteiger charge is -2.09. The van der Waals surface area contributed by atoms with Gasteiger partial charge in [-0.05, 0) is 5.56 Å². The maximum atomic E-state index is 8.91. The van der Waals surface area contributed by atoms with Gasteiger partial charge < -0.3 is 15.7 Å². The maximum Gasteiger partial charge on any atom is 0.191 e. The van der Waals surface area contributed by atoms with Crippen molar-refractivity contribution in [3.05, 3.63) is 35.9 Å². The van der Waals surface area contributed by atoms with Crippen molar-refractivity contribution in [2.45, 2.75) is 12.6 Å². The van der Waals surface area contributed by atoms with Crippen LogP contribution in [0.15, 0.2) is 35.3 Å². The molecular weight excluding hydrogens is 190 g/mol. The average molecular weight is 205 g/mol. The zero-order valence-corrected chi connectivity index (χ0v) is 8.48. The van der Waals surface area contributed by atoms with E-state index in [1.165, 1.54) is 5.56 Å². The molecule has 0 amide bonds. The summed E-state index contributed by atoms with van der Waals surface area (Å²) >= 11 is 0. The van der Waals surface area contributed by atoms with Crippen molar-refractivity contribution < 1.29 is 5.11 Å². The average Bonchev–Trinajstić information content (AvgIpc) is 2.76. The highest BCUT2D eigenvalue weighted by Crippen LogP contribution is 1.98. The Kier molecular flexibility index (Phi) is 3.19. The van der Waals surface area contributed by atoms with Crippen molar-refractivity contribution in [2.75, 3.05) is 13.2 Å². The van der Waals surface area contributed by atoms with Gasteiger partial charge in [-0.25, -0.2) is 0 Å². The third-order valence-corrected chi connectivity index (χ3v) is 2.33. The summed E-state index contributed by atoms with van der Waals surface area (Å²) in [6, 6.07) is 10.2.